The maximum atomic E-state index is 12.1. The van der Waals surface area contributed by atoms with E-state index in [2.05, 4.69) is 24.2 Å². The summed E-state index contributed by atoms with van der Waals surface area (Å²) in [6.45, 7) is 2.89. The average molecular weight is 242 g/mol. The van der Waals surface area contributed by atoms with Crippen LogP contribution in [0.5, 0.6) is 0 Å². The van der Waals surface area contributed by atoms with Crippen LogP contribution < -0.4 is 0 Å². The topological polar surface area (TPSA) is 34.9 Å². The Hall–Kier alpha value is -1.90. The van der Waals surface area contributed by atoms with Gasteiger partial charge >= 0.3 is 0 Å². The van der Waals surface area contributed by atoms with Gasteiger partial charge in [0.1, 0.15) is 5.69 Å². The van der Waals surface area contributed by atoms with E-state index in [9.17, 15) is 4.79 Å². The molecule has 1 aromatic heterocycles. The molecule has 1 heterocycles. The second kappa shape index (κ2) is 6.15. The van der Waals surface area contributed by atoms with Crippen molar-refractivity contribution in [3.63, 3.8) is 0 Å². The van der Waals surface area contributed by atoms with E-state index in [0.717, 1.165) is 25.1 Å². The number of hydrogen-bond donors (Lipinski definition) is 0. The van der Waals surface area contributed by atoms with Crippen molar-refractivity contribution in [2.24, 2.45) is 0 Å². The fourth-order valence-corrected chi connectivity index (χ4v) is 1.99. The molecule has 0 aliphatic carbocycles. The van der Waals surface area contributed by atoms with E-state index in [4.69, 9.17) is 0 Å². The minimum absolute atomic E-state index is 0.171. The zero-order valence-corrected chi connectivity index (χ0v) is 10.7. The summed E-state index contributed by atoms with van der Waals surface area (Å²) in [6.07, 6.45) is 4.02. The minimum atomic E-state index is 0.171. The molecule has 2 rings (SSSR count). The van der Waals surface area contributed by atoms with Crippen LogP contribution in [-0.2, 0) is 13.0 Å². The molecule has 2 aromatic rings. The third kappa shape index (κ3) is 3.06. The first-order chi connectivity index (χ1) is 8.81. The Morgan fingerprint density at radius 2 is 2.00 bits per heavy atom. The summed E-state index contributed by atoms with van der Waals surface area (Å²) in [5, 5.41) is 4.18. The second-order valence-corrected chi connectivity index (χ2v) is 4.35. The molecule has 0 atom stereocenters. The summed E-state index contributed by atoms with van der Waals surface area (Å²) in [5.74, 6) is 0.171. The second-order valence-electron chi connectivity index (χ2n) is 4.35. The molecule has 0 spiro atoms. The highest BCUT2D eigenvalue weighted by Crippen LogP contribution is 2.08. The fraction of sp³-hybridized carbons (Fsp3) is 0.333. The highest BCUT2D eigenvalue weighted by Gasteiger charge is 2.11. The van der Waals surface area contributed by atoms with Gasteiger partial charge in [0.25, 0.3) is 0 Å². The molecule has 0 unspecified atom stereocenters. The van der Waals surface area contributed by atoms with Crippen LogP contribution in [0.25, 0.3) is 0 Å². The van der Waals surface area contributed by atoms with E-state index in [1.165, 1.54) is 5.56 Å². The molecule has 3 heteroatoms. The van der Waals surface area contributed by atoms with Crippen molar-refractivity contribution in [3.8, 4) is 0 Å². The standard InChI is InChI=1S/C15H18N2O/c1-2-12-17-14(10-11-16-17)15(18)9-8-13-6-4-3-5-7-13/h3-7,10-11H,2,8-9,12H2,1H3. The van der Waals surface area contributed by atoms with Crippen molar-refractivity contribution in [1.29, 1.82) is 0 Å². The number of Topliss-reactive ketones (excluding diaryl/α,β-unsaturated/α-hetero) is 1. The lowest BCUT2D eigenvalue weighted by Gasteiger charge is -2.05. The number of carbonyl (C=O) groups excluding carboxylic acids is 1. The van der Waals surface area contributed by atoms with Gasteiger partial charge < -0.3 is 0 Å². The Kier molecular flexibility index (Phi) is 4.29. The summed E-state index contributed by atoms with van der Waals surface area (Å²) in [4.78, 5) is 12.1. The lowest BCUT2D eigenvalue weighted by Crippen LogP contribution is -2.11. The van der Waals surface area contributed by atoms with Crippen LogP contribution in [0.3, 0.4) is 0 Å². The van der Waals surface area contributed by atoms with Crippen LogP contribution in [0, 0.1) is 0 Å². The highest BCUT2D eigenvalue weighted by molar-refractivity contribution is 5.94. The molecule has 0 amide bonds. The summed E-state index contributed by atoms with van der Waals surface area (Å²) in [7, 11) is 0. The van der Waals surface area contributed by atoms with E-state index < -0.39 is 0 Å². The van der Waals surface area contributed by atoms with Crippen molar-refractivity contribution in [3.05, 3.63) is 53.9 Å². The predicted molar refractivity (Wildman–Crippen MR) is 71.6 cm³/mol. The van der Waals surface area contributed by atoms with Crippen LogP contribution in [-0.4, -0.2) is 15.6 Å². The van der Waals surface area contributed by atoms with Gasteiger partial charge in [-0.05, 0) is 24.5 Å². The number of aromatic nitrogens is 2. The van der Waals surface area contributed by atoms with Crippen LogP contribution in [0.2, 0.25) is 0 Å². The molecule has 18 heavy (non-hydrogen) atoms. The molecule has 0 bridgehead atoms. The van der Waals surface area contributed by atoms with E-state index >= 15 is 0 Å². The van der Waals surface area contributed by atoms with Crippen molar-refractivity contribution >= 4 is 5.78 Å². The van der Waals surface area contributed by atoms with Crippen molar-refractivity contribution in [2.45, 2.75) is 32.7 Å². The molecular formula is C15H18N2O. The molecule has 94 valence electrons. The predicted octanol–water partition coefficient (Wildman–Crippen LogP) is 3.11. The number of hydrogen-bond acceptors (Lipinski definition) is 2. The van der Waals surface area contributed by atoms with E-state index in [0.29, 0.717) is 6.42 Å². The van der Waals surface area contributed by atoms with Gasteiger partial charge in [-0.25, -0.2) is 0 Å². The molecule has 0 radical (unpaired) electrons. The third-order valence-electron chi connectivity index (χ3n) is 2.92. The Labute approximate surface area is 107 Å². The zero-order valence-electron chi connectivity index (χ0n) is 10.7. The molecule has 0 N–H and O–H groups in total. The number of rotatable bonds is 6. The van der Waals surface area contributed by atoms with Gasteiger partial charge in [-0.1, -0.05) is 37.3 Å². The molecule has 0 saturated carbocycles. The van der Waals surface area contributed by atoms with Gasteiger partial charge in [0.2, 0.25) is 0 Å². The third-order valence-corrected chi connectivity index (χ3v) is 2.92. The van der Waals surface area contributed by atoms with E-state index in [1.807, 2.05) is 24.3 Å². The Balaban J connectivity index is 1.97. The zero-order chi connectivity index (χ0) is 12.8. The largest absolute Gasteiger partial charge is 0.292 e. The van der Waals surface area contributed by atoms with Crippen LogP contribution in [0.4, 0.5) is 0 Å². The molecule has 0 saturated heterocycles. The van der Waals surface area contributed by atoms with Gasteiger partial charge in [-0.2, -0.15) is 5.10 Å². The van der Waals surface area contributed by atoms with Gasteiger partial charge in [0.05, 0.1) is 0 Å². The molecule has 0 fully saturated rings. The molecule has 3 nitrogen and oxygen atoms in total. The summed E-state index contributed by atoms with van der Waals surface area (Å²) in [6, 6.07) is 11.9. The molecule has 0 aliphatic rings. The number of carbonyl (C=O) groups is 1. The maximum Gasteiger partial charge on any atom is 0.181 e. The molecular weight excluding hydrogens is 224 g/mol. The van der Waals surface area contributed by atoms with Crippen LogP contribution >= 0.6 is 0 Å². The van der Waals surface area contributed by atoms with E-state index in [1.54, 1.807) is 10.9 Å². The summed E-state index contributed by atoms with van der Waals surface area (Å²) in [5.41, 5.74) is 1.93. The first-order valence-electron chi connectivity index (χ1n) is 6.40. The monoisotopic (exact) mass is 242 g/mol. The normalized spacial score (nSPS) is 10.5. The lowest BCUT2D eigenvalue weighted by molar-refractivity contribution is 0.0972. The number of ketones is 1. The molecule has 0 aliphatic heterocycles. The van der Waals surface area contributed by atoms with Crippen molar-refractivity contribution in [2.75, 3.05) is 0 Å². The van der Waals surface area contributed by atoms with Gasteiger partial charge in [0.15, 0.2) is 5.78 Å². The van der Waals surface area contributed by atoms with Crippen LogP contribution in [0.1, 0.15) is 35.8 Å². The first-order valence-corrected chi connectivity index (χ1v) is 6.40. The number of benzene rings is 1. The summed E-state index contributed by atoms with van der Waals surface area (Å²) >= 11 is 0. The first kappa shape index (κ1) is 12.6. The van der Waals surface area contributed by atoms with E-state index in [-0.39, 0.29) is 5.78 Å². The quantitative estimate of drug-likeness (QED) is 0.729. The van der Waals surface area contributed by atoms with Gasteiger partial charge in [-0.3, -0.25) is 9.48 Å². The average Bonchev–Trinajstić information content (AvgIpc) is 2.86. The minimum Gasteiger partial charge on any atom is -0.292 e. The summed E-state index contributed by atoms with van der Waals surface area (Å²) < 4.78 is 1.80. The Morgan fingerprint density at radius 1 is 1.22 bits per heavy atom. The van der Waals surface area contributed by atoms with Crippen molar-refractivity contribution in [1.82, 2.24) is 9.78 Å². The van der Waals surface area contributed by atoms with Crippen LogP contribution in [0.15, 0.2) is 42.6 Å². The Bertz CT molecular complexity index is 502. The van der Waals surface area contributed by atoms with Crippen molar-refractivity contribution < 1.29 is 4.79 Å². The van der Waals surface area contributed by atoms with Gasteiger partial charge in [0, 0.05) is 19.2 Å². The SMILES string of the molecule is CCCn1nccc1C(=O)CCc1ccccc1. The maximum absolute atomic E-state index is 12.1. The lowest BCUT2D eigenvalue weighted by atomic mass is 10.1. The molecule has 1 aromatic carbocycles. The number of aryl methyl sites for hydroxylation is 2. The Morgan fingerprint density at radius 3 is 2.72 bits per heavy atom. The number of nitrogens with zero attached hydrogens (tertiary/aromatic N) is 2. The fourth-order valence-electron chi connectivity index (χ4n) is 1.99. The smallest absolute Gasteiger partial charge is 0.181 e. The highest BCUT2D eigenvalue weighted by atomic mass is 16.1. The van der Waals surface area contributed by atoms with Gasteiger partial charge in [-0.15, -0.1) is 0 Å².